The van der Waals surface area contributed by atoms with Gasteiger partial charge in [-0.2, -0.15) is 5.26 Å². The lowest BCUT2D eigenvalue weighted by Crippen LogP contribution is -2.08. The molecule has 2 aromatic rings. The molecular formula is C14H13N5OS. The molecule has 2 N–H and O–H groups in total. The van der Waals surface area contributed by atoms with Gasteiger partial charge >= 0.3 is 0 Å². The minimum absolute atomic E-state index is 0.232. The van der Waals surface area contributed by atoms with Gasteiger partial charge in [-0.05, 0) is 24.5 Å². The van der Waals surface area contributed by atoms with Crippen molar-refractivity contribution in [2.45, 2.75) is 11.9 Å². The Hall–Kier alpha value is -2.59. The first-order chi connectivity index (χ1) is 10.1. The SMILES string of the molecule is CSc1ccnc(Nc2cccc(NC(C)=O)c2C#N)n1. The number of nitrogens with one attached hydrogen (secondary N) is 2. The van der Waals surface area contributed by atoms with Crippen molar-refractivity contribution in [1.29, 1.82) is 5.26 Å². The number of nitriles is 1. The lowest BCUT2D eigenvalue weighted by Gasteiger charge is -2.11. The summed E-state index contributed by atoms with van der Waals surface area (Å²) in [6.07, 6.45) is 3.56. The first-order valence-corrected chi connectivity index (χ1v) is 7.31. The van der Waals surface area contributed by atoms with Gasteiger partial charge in [0.05, 0.1) is 16.9 Å². The van der Waals surface area contributed by atoms with Gasteiger partial charge in [-0.1, -0.05) is 6.07 Å². The topological polar surface area (TPSA) is 90.7 Å². The third-order valence-corrected chi connectivity index (χ3v) is 3.22. The van der Waals surface area contributed by atoms with Crippen molar-refractivity contribution in [3.8, 4) is 6.07 Å². The molecule has 7 heteroatoms. The van der Waals surface area contributed by atoms with E-state index in [0.29, 0.717) is 22.9 Å². The number of nitrogens with zero attached hydrogens (tertiary/aromatic N) is 3. The average molecular weight is 299 g/mol. The summed E-state index contributed by atoms with van der Waals surface area (Å²) in [5, 5.41) is 15.8. The second-order valence-corrected chi connectivity index (χ2v) is 4.90. The number of aromatic nitrogens is 2. The van der Waals surface area contributed by atoms with Crippen LogP contribution >= 0.6 is 11.8 Å². The number of thioether (sulfide) groups is 1. The highest BCUT2D eigenvalue weighted by Gasteiger charge is 2.10. The normalized spacial score (nSPS) is 9.76. The summed E-state index contributed by atoms with van der Waals surface area (Å²) in [5.41, 5.74) is 1.34. The van der Waals surface area contributed by atoms with E-state index in [-0.39, 0.29) is 5.91 Å². The molecule has 0 spiro atoms. The van der Waals surface area contributed by atoms with Crippen LogP contribution in [0.1, 0.15) is 12.5 Å². The summed E-state index contributed by atoms with van der Waals surface area (Å²) in [6, 6.07) is 9.03. The molecule has 106 valence electrons. The van der Waals surface area contributed by atoms with E-state index in [1.807, 2.05) is 6.26 Å². The maximum atomic E-state index is 11.2. The zero-order valence-corrected chi connectivity index (χ0v) is 12.4. The Morgan fingerprint density at radius 1 is 1.33 bits per heavy atom. The number of carbonyl (C=O) groups is 1. The van der Waals surface area contributed by atoms with Crippen LogP contribution in [0.2, 0.25) is 0 Å². The largest absolute Gasteiger partial charge is 0.325 e. The van der Waals surface area contributed by atoms with Crippen molar-refractivity contribution in [3.63, 3.8) is 0 Å². The van der Waals surface area contributed by atoms with E-state index in [4.69, 9.17) is 0 Å². The lowest BCUT2D eigenvalue weighted by molar-refractivity contribution is -0.114. The molecule has 0 aliphatic rings. The number of anilines is 3. The Labute approximate surface area is 126 Å². The van der Waals surface area contributed by atoms with Gasteiger partial charge in [0.1, 0.15) is 11.1 Å². The molecule has 0 bridgehead atoms. The zero-order valence-electron chi connectivity index (χ0n) is 11.5. The first kappa shape index (κ1) is 14.8. The zero-order chi connectivity index (χ0) is 15.2. The Balaban J connectivity index is 2.35. The Morgan fingerprint density at radius 3 is 2.76 bits per heavy atom. The second kappa shape index (κ2) is 6.72. The maximum absolute atomic E-state index is 11.2. The maximum Gasteiger partial charge on any atom is 0.228 e. The van der Waals surface area contributed by atoms with Crippen molar-refractivity contribution in [2.75, 3.05) is 16.9 Å². The quantitative estimate of drug-likeness (QED) is 0.666. The highest BCUT2D eigenvalue weighted by molar-refractivity contribution is 7.98. The minimum Gasteiger partial charge on any atom is -0.325 e. The predicted octanol–water partition coefficient (Wildman–Crippen LogP) is 2.77. The number of hydrogen-bond donors (Lipinski definition) is 2. The molecule has 1 aromatic heterocycles. The molecule has 2 rings (SSSR count). The van der Waals surface area contributed by atoms with Gasteiger partial charge in [0, 0.05) is 13.1 Å². The van der Waals surface area contributed by atoms with Crippen LogP contribution in [0.4, 0.5) is 17.3 Å². The Kier molecular flexibility index (Phi) is 4.74. The summed E-state index contributed by atoms with van der Waals surface area (Å²) >= 11 is 1.50. The van der Waals surface area contributed by atoms with Crippen LogP contribution in [0.15, 0.2) is 35.5 Å². The fourth-order valence-corrected chi connectivity index (χ4v) is 2.08. The van der Waals surface area contributed by atoms with Crippen LogP contribution in [-0.2, 0) is 4.79 Å². The van der Waals surface area contributed by atoms with E-state index in [1.54, 1.807) is 30.5 Å². The molecule has 0 atom stereocenters. The Morgan fingerprint density at radius 2 is 2.10 bits per heavy atom. The van der Waals surface area contributed by atoms with Gasteiger partial charge in [0.25, 0.3) is 0 Å². The van der Waals surface area contributed by atoms with E-state index in [2.05, 4.69) is 26.7 Å². The molecule has 0 saturated carbocycles. The molecule has 0 unspecified atom stereocenters. The monoisotopic (exact) mass is 299 g/mol. The van der Waals surface area contributed by atoms with Crippen molar-refractivity contribution < 1.29 is 4.79 Å². The van der Waals surface area contributed by atoms with Crippen molar-refractivity contribution in [3.05, 3.63) is 36.0 Å². The van der Waals surface area contributed by atoms with E-state index >= 15 is 0 Å². The van der Waals surface area contributed by atoms with Gasteiger partial charge < -0.3 is 10.6 Å². The first-order valence-electron chi connectivity index (χ1n) is 6.09. The Bertz CT molecular complexity index is 711. The molecular weight excluding hydrogens is 286 g/mol. The molecule has 21 heavy (non-hydrogen) atoms. The van der Waals surface area contributed by atoms with Gasteiger partial charge in [-0.25, -0.2) is 9.97 Å². The number of carbonyl (C=O) groups excluding carboxylic acids is 1. The van der Waals surface area contributed by atoms with Crippen molar-refractivity contribution >= 4 is 35.0 Å². The van der Waals surface area contributed by atoms with Gasteiger partial charge in [0.15, 0.2) is 0 Å². The van der Waals surface area contributed by atoms with Gasteiger partial charge in [0.2, 0.25) is 11.9 Å². The molecule has 1 aromatic carbocycles. The molecule has 0 aliphatic carbocycles. The van der Waals surface area contributed by atoms with E-state index in [1.165, 1.54) is 18.7 Å². The average Bonchev–Trinajstić information content (AvgIpc) is 2.47. The molecule has 1 amide bonds. The van der Waals surface area contributed by atoms with Crippen LogP contribution in [0.5, 0.6) is 0 Å². The second-order valence-electron chi connectivity index (χ2n) is 4.07. The number of benzene rings is 1. The number of rotatable bonds is 4. The summed E-state index contributed by atoms with van der Waals surface area (Å²) < 4.78 is 0. The smallest absolute Gasteiger partial charge is 0.228 e. The lowest BCUT2D eigenvalue weighted by atomic mass is 10.1. The fourth-order valence-electron chi connectivity index (χ4n) is 1.71. The van der Waals surface area contributed by atoms with Crippen LogP contribution in [0.3, 0.4) is 0 Å². The summed E-state index contributed by atoms with van der Waals surface area (Å²) in [6.45, 7) is 1.40. The third kappa shape index (κ3) is 3.70. The summed E-state index contributed by atoms with van der Waals surface area (Å²) in [4.78, 5) is 19.6. The highest BCUT2D eigenvalue weighted by atomic mass is 32.2. The van der Waals surface area contributed by atoms with Crippen LogP contribution in [0.25, 0.3) is 0 Å². The molecule has 1 heterocycles. The summed E-state index contributed by atoms with van der Waals surface area (Å²) in [7, 11) is 0. The minimum atomic E-state index is -0.232. The highest BCUT2D eigenvalue weighted by Crippen LogP contribution is 2.26. The predicted molar refractivity (Wildman–Crippen MR) is 82.6 cm³/mol. The molecule has 0 radical (unpaired) electrons. The van der Waals surface area contributed by atoms with E-state index in [0.717, 1.165) is 5.03 Å². The standard InChI is InChI=1S/C14H13N5OS/c1-9(20)17-11-4-3-5-12(10(11)8-15)18-14-16-7-6-13(19-14)21-2/h3-7H,1-2H3,(H,17,20)(H,16,18,19). The summed E-state index contributed by atoms with van der Waals surface area (Å²) in [5.74, 6) is 0.169. The van der Waals surface area contributed by atoms with Crippen molar-refractivity contribution in [1.82, 2.24) is 9.97 Å². The van der Waals surface area contributed by atoms with Crippen molar-refractivity contribution in [2.24, 2.45) is 0 Å². The number of amides is 1. The fraction of sp³-hybridized carbons (Fsp3) is 0.143. The molecule has 0 aliphatic heterocycles. The van der Waals surface area contributed by atoms with Crippen LogP contribution < -0.4 is 10.6 Å². The van der Waals surface area contributed by atoms with E-state index < -0.39 is 0 Å². The van der Waals surface area contributed by atoms with Crippen LogP contribution in [0, 0.1) is 11.3 Å². The molecule has 0 fully saturated rings. The number of hydrogen-bond acceptors (Lipinski definition) is 6. The van der Waals surface area contributed by atoms with Gasteiger partial charge in [-0.15, -0.1) is 11.8 Å². The molecule has 6 nitrogen and oxygen atoms in total. The van der Waals surface area contributed by atoms with Gasteiger partial charge in [-0.3, -0.25) is 4.79 Å². The van der Waals surface area contributed by atoms with E-state index in [9.17, 15) is 10.1 Å². The van der Waals surface area contributed by atoms with Crippen LogP contribution in [-0.4, -0.2) is 22.1 Å². The third-order valence-electron chi connectivity index (χ3n) is 2.57. The molecule has 0 saturated heterocycles.